The van der Waals surface area contributed by atoms with Gasteiger partial charge in [-0.05, 0) is 81.1 Å². The molecule has 1 aliphatic carbocycles. The molecule has 4 rings (SSSR count). The summed E-state index contributed by atoms with van der Waals surface area (Å²) in [5, 5.41) is 3.22. The van der Waals surface area contributed by atoms with Crippen LogP contribution in [0.5, 0.6) is 11.5 Å². The van der Waals surface area contributed by atoms with Crippen molar-refractivity contribution in [3.8, 4) is 11.5 Å². The number of nitrogens with zero attached hydrogens (tertiary/aromatic N) is 1. The molecule has 0 saturated carbocycles. The van der Waals surface area contributed by atoms with Crippen LogP contribution in [0.15, 0.2) is 54.1 Å². The number of imide groups is 1. The molecular weight excluding hydrogens is 488 g/mol. The number of carbonyl (C=O) groups excluding carboxylic acids is 4. The van der Waals surface area contributed by atoms with Crippen LogP contribution in [0.3, 0.4) is 0 Å². The fourth-order valence-electron chi connectivity index (χ4n) is 4.66. The number of anilines is 1. The summed E-state index contributed by atoms with van der Waals surface area (Å²) in [6.07, 6.45) is 7.90. The van der Waals surface area contributed by atoms with Gasteiger partial charge in [0.05, 0.1) is 37.9 Å². The van der Waals surface area contributed by atoms with Crippen molar-refractivity contribution in [2.24, 2.45) is 0 Å². The number of nitrogens with one attached hydrogen (secondary N) is 1. The number of Topliss-reactive ketones (excluding diaryl/α,β-unsaturated/α-hetero) is 1. The predicted molar refractivity (Wildman–Crippen MR) is 141 cm³/mol. The minimum atomic E-state index is -0.694. The molecule has 0 bridgehead atoms. The van der Waals surface area contributed by atoms with Gasteiger partial charge in [-0.15, -0.1) is 0 Å². The Kier molecular flexibility index (Phi) is 8.91. The Morgan fingerprint density at radius 1 is 0.974 bits per heavy atom. The normalized spacial score (nSPS) is 17.3. The Bertz CT molecular complexity index is 1240. The van der Waals surface area contributed by atoms with E-state index in [1.54, 1.807) is 12.1 Å². The molecule has 1 atom stereocenters. The molecule has 2 amide bonds. The average Bonchev–Trinajstić information content (AvgIpc) is 3.24. The lowest BCUT2D eigenvalue weighted by Gasteiger charge is -2.17. The van der Waals surface area contributed by atoms with E-state index in [4.69, 9.17) is 14.2 Å². The molecule has 0 radical (unpaired) electrons. The molecule has 9 heteroatoms. The fraction of sp³-hybridized carbons (Fsp3) is 0.379. The highest BCUT2D eigenvalue weighted by Gasteiger charge is 2.39. The van der Waals surface area contributed by atoms with E-state index in [1.165, 1.54) is 63.0 Å². The number of ketones is 1. The largest absolute Gasteiger partial charge is 0.493 e. The maximum absolute atomic E-state index is 12.9. The SMILES string of the molecule is COc1ccc(C(=O)COC(=O)c2ccc(N3C(=O)CC(NCCC4=CCCCC4)C3=O)cc2)cc1OC. The van der Waals surface area contributed by atoms with Crippen molar-refractivity contribution in [1.82, 2.24) is 5.32 Å². The maximum Gasteiger partial charge on any atom is 0.338 e. The van der Waals surface area contributed by atoms with Gasteiger partial charge in [-0.2, -0.15) is 0 Å². The summed E-state index contributed by atoms with van der Waals surface area (Å²) in [4.78, 5) is 51.6. The van der Waals surface area contributed by atoms with Crippen molar-refractivity contribution in [3.05, 3.63) is 65.2 Å². The number of esters is 1. The number of benzene rings is 2. The van der Waals surface area contributed by atoms with E-state index in [1.807, 2.05) is 0 Å². The summed E-state index contributed by atoms with van der Waals surface area (Å²) >= 11 is 0. The number of methoxy groups -OCH3 is 2. The van der Waals surface area contributed by atoms with Crippen LogP contribution >= 0.6 is 0 Å². The summed E-state index contributed by atoms with van der Waals surface area (Å²) in [5.74, 6) is -0.812. The molecule has 2 aromatic carbocycles. The van der Waals surface area contributed by atoms with Crippen LogP contribution in [0, 0.1) is 0 Å². The van der Waals surface area contributed by atoms with Crippen molar-refractivity contribution in [3.63, 3.8) is 0 Å². The first-order valence-corrected chi connectivity index (χ1v) is 12.7. The molecule has 1 aliphatic heterocycles. The molecule has 2 aliphatic rings. The molecule has 1 unspecified atom stereocenters. The number of hydrogen-bond acceptors (Lipinski definition) is 8. The minimum Gasteiger partial charge on any atom is -0.493 e. The standard InChI is InChI=1S/C29H32N2O7/c1-36-25-13-10-21(16-26(25)37-2)24(32)18-38-29(35)20-8-11-22(12-9-20)31-27(33)17-23(28(31)34)30-15-14-19-6-4-3-5-7-19/h6,8-13,16,23,30H,3-5,7,14-15,17-18H2,1-2H3. The van der Waals surface area contributed by atoms with Gasteiger partial charge in [0.2, 0.25) is 5.91 Å². The number of rotatable bonds is 11. The first-order chi connectivity index (χ1) is 18.4. The molecule has 9 nitrogen and oxygen atoms in total. The van der Waals surface area contributed by atoms with Crippen molar-refractivity contribution in [2.45, 2.75) is 44.6 Å². The first-order valence-electron chi connectivity index (χ1n) is 12.7. The lowest BCUT2D eigenvalue weighted by atomic mass is 9.97. The third-order valence-corrected chi connectivity index (χ3v) is 6.77. The number of hydrogen-bond donors (Lipinski definition) is 1. The Hall–Kier alpha value is -3.98. The van der Waals surface area contributed by atoms with Gasteiger partial charge in [0.1, 0.15) is 0 Å². The molecule has 2 aromatic rings. The zero-order valence-corrected chi connectivity index (χ0v) is 21.7. The fourth-order valence-corrected chi connectivity index (χ4v) is 4.66. The second-order valence-electron chi connectivity index (χ2n) is 9.25. The molecule has 1 saturated heterocycles. The van der Waals surface area contributed by atoms with Gasteiger partial charge >= 0.3 is 5.97 Å². The Morgan fingerprint density at radius 2 is 1.71 bits per heavy atom. The minimum absolute atomic E-state index is 0.0972. The second-order valence-corrected chi connectivity index (χ2v) is 9.25. The van der Waals surface area contributed by atoms with E-state index >= 15 is 0 Å². The Balaban J connectivity index is 1.30. The van der Waals surface area contributed by atoms with Crippen LogP contribution in [0.2, 0.25) is 0 Å². The van der Waals surface area contributed by atoms with Crippen molar-refractivity contribution in [2.75, 3.05) is 32.3 Å². The third kappa shape index (κ3) is 6.28. The van der Waals surface area contributed by atoms with Crippen molar-refractivity contribution >= 4 is 29.3 Å². The first kappa shape index (κ1) is 27.1. The zero-order chi connectivity index (χ0) is 27.1. The van der Waals surface area contributed by atoms with Crippen LogP contribution in [0.4, 0.5) is 5.69 Å². The van der Waals surface area contributed by atoms with Crippen LogP contribution in [-0.2, 0) is 14.3 Å². The van der Waals surface area contributed by atoms with Gasteiger partial charge in [-0.25, -0.2) is 9.69 Å². The summed E-state index contributed by atoms with van der Waals surface area (Å²) in [7, 11) is 2.96. The predicted octanol–water partition coefficient (Wildman–Crippen LogP) is 3.86. The van der Waals surface area contributed by atoms with Crippen LogP contribution in [0.1, 0.15) is 59.2 Å². The van der Waals surface area contributed by atoms with Crippen molar-refractivity contribution < 1.29 is 33.4 Å². The Labute approximate surface area is 221 Å². The van der Waals surface area contributed by atoms with E-state index in [-0.39, 0.29) is 23.8 Å². The molecule has 1 N–H and O–H groups in total. The van der Waals surface area contributed by atoms with E-state index < -0.39 is 24.4 Å². The van der Waals surface area contributed by atoms with Gasteiger partial charge in [0.25, 0.3) is 5.91 Å². The lowest BCUT2D eigenvalue weighted by Crippen LogP contribution is -2.39. The lowest BCUT2D eigenvalue weighted by molar-refractivity contribution is -0.121. The number of allylic oxidation sites excluding steroid dienone is 1. The van der Waals surface area contributed by atoms with Crippen LogP contribution in [0.25, 0.3) is 0 Å². The van der Waals surface area contributed by atoms with Gasteiger partial charge in [-0.3, -0.25) is 14.4 Å². The summed E-state index contributed by atoms with van der Waals surface area (Å²) in [6, 6.07) is 10.1. The summed E-state index contributed by atoms with van der Waals surface area (Å²) in [5.41, 5.74) is 2.31. The topological polar surface area (TPSA) is 111 Å². The van der Waals surface area contributed by atoms with Gasteiger partial charge < -0.3 is 19.5 Å². The molecule has 38 heavy (non-hydrogen) atoms. The Morgan fingerprint density at radius 3 is 2.39 bits per heavy atom. The molecule has 1 heterocycles. The molecule has 0 aromatic heterocycles. The van der Waals surface area contributed by atoms with Crippen LogP contribution in [-0.4, -0.2) is 57.0 Å². The number of amides is 2. The van der Waals surface area contributed by atoms with E-state index in [9.17, 15) is 19.2 Å². The van der Waals surface area contributed by atoms with E-state index in [0.29, 0.717) is 29.3 Å². The van der Waals surface area contributed by atoms with E-state index in [2.05, 4.69) is 11.4 Å². The molecular formula is C29H32N2O7. The average molecular weight is 521 g/mol. The summed E-state index contributed by atoms with van der Waals surface area (Å²) < 4.78 is 15.5. The monoisotopic (exact) mass is 520 g/mol. The van der Waals surface area contributed by atoms with Gasteiger partial charge in [0, 0.05) is 5.56 Å². The smallest absolute Gasteiger partial charge is 0.338 e. The highest BCUT2D eigenvalue weighted by atomic mass is 16.5. The molecule has 1 fully saturated rings. The number of ether oxygens (including phenoxy) is 3. The highest BCUT2D eigenvalue weighted by molar-refractivity contribution is 6.22. The molecule has 200 valence electrons. The third-order valence-electron chi connectivity index (χ3n) is 6.77. The second kappa shape index (κ2) is 12.5. The van der Waals surface area contributed by atoms with Crippen LogP contribution < -0.4 is 19.7 Å². The molecule has 0 spiro atoms. The van der Waals surface area contributed by atoms with Crippen molar-refractivity contribution in [1.29, 1.82) is 0 Å². The zero-order valence-electron chi connectivity index (χ0n) is 21.7. The van der Waals surface area contributed by atoms with E-state index in [0.717, 1.165) is 24.2 Å². The van der Waals surface area contributed by atoms with Gasteiger partial charge in [-0.1, -0.05) is 11.6 Å². The summed E-state index contributed by atoms with van der Waals surface area (Å²) in [6.45, 7) is 0.194. The number of carbonyl (C=O) groups is 4. The van der Waals surface area contributed by atoms with Gasteiger partial charge in [0.15, 0.2) is 23.9 Å². The quantitative estimate of drug-likeness (QED) is 0.206. The maximum atomic E-state index is 12.9. The highest BCUT2D eigenvalue weighted by Crippen LogP contribution is 2.28.